The summed E-state index contributed by atoms with van der Waals surface area (Å²) in [7, 11) is 0. The molecule has 0 fully saturated rings. The monoisotopic (exact) mass is 337 g/mol. The first kappa shape index (κ1) is 16.3. The Labute approximate surface area is 143 Å². The zero-order valence-corrected chi connectivity index (χ0v) is 13.1. The van der Waals surface area contributed by atoms with Gasteiger partial charge in [-0.1, -0.05) is 0 Å². The first-order chi connectivity index (χ1) is 12.2. The van der Waals surface area contributed by atoms with Crippen LogP contribution in [-0.4, -0.2) is 24.0 Å². The van der Waals surface area contributed by atoms with E-state index in [4.69, 9.17) is 15.2 Å². The van der Waals surface area contributed by atoms with E-state index in [0.717, 1.165) is 5.56 Å². The Kier molecular flexibility index (Phi) is 4.75. The SMILES string of the molecule is N/C=C(\C=C(/C=O)NC(=O)c1ccc2c(c1)OCO2)c1ccncc1. The third kappa shape index (κ3) is 3.66. The van der Waals surface area contributed by atoms with E-state index in [1.807, 2.05) is 0 Å². The molecule has 1 aliphatic rings. The van der Waals surface area contributed by atoms with Crippen molar-refractivity contribution in [2.24, 2.45) is 5.73 Å². The van der Waals surface area contributed by atoms with Gasteiger partial charge in [0.1, 0.15) is 0 Å². The fraction of sp³-hybridized carbons (Fsp3) is 0.0556. The number of benzene rings is 1. The van der Waals surface area contributed by atoms with Crippen molar-refractivity contribution in [3.8, 4) is 11.5 Å². The minimum Gasteiger partial charge on any atom is -0.454 e. The highest BCUT2D eigenvalue weighted by Crippen LogP contribution is 2.32. The molecule has 0 radical (unpaired) electrons. The number of rotatable bonds is 5. The molecule has 0 atom stereocenters. The van der Waals surface area contributed by atoms with Crippen molar-refractivity contribution in [2.75, 3.05) is 6.79 Å². The van der Waals surface area contributed by atoms with Gasteiger partial charge in [0.25, 0.3) is 5.91 Å². The summed E-state index contributed by atoms with van der Waals surface area (Å²) in [6.07, 6.45) is 6.62. The van der Waals surface area contributed by atoms with E-state index >= 15 is 0 Å². The molecule has 7 nitrogen and oxygen atoms in total. The Morgan fingerprint density at radius 2 is 1.88 bits per heavy atom. The number of nitrogens with two attached hydrogens (primary N) is 1. The van der Waals surface area contributed by atoms with Gasteiger partial charge < -0.3 is 20.5 Å². The summed E-state index contributed by atoms with van der Waals surface area (Å²) >= 11 is 0. The first-order valence-electron chi connectivity index (χ1n) is 7.41. The summed E-state index contributed by atoms with van der Waals surface area (Å²) in [5.74, 6) is 0.625. The third-order valence-electron chi connectivity index (χ3n) is 3.52. The number of carbonyl (C=O) groups is 2. The van der Waals surface area contributed by atoms with Crippen LogP contribution in [0.2, 0.25) is 0 Å². The van der Waals surface area contributed by atoms with Gasteiger partial charge in [0.2, 0.25) is 6.79 Å². The summed E-state index contributed by atoms with van der Waals surface area (Å²) in [6, 6.07) is 8.29. The lowest BCUT2D eigenvalue weighted by molar-refractivity contribution is -0.105. The zero-order valence-electron chi connectivity index (χ0n) is 13.1. The number of pyridine rings is 1. The molecule has 1 amide bonds. The Hall–Kier alpha value is -3.61. The van der Waals surface area contributed by atoms with E-state index in [9.17, 15) is 9.59 Å². The third-order valence-corrected chi connectivity index (χ3v) is 3.52. The molecule has 0 bridgehead atoms. The van der Waals surface area contributed by atoms with E-state index in [1.54, 1.807) is 42.7 Å². The average molecular weight is 337 g/mol. The molecule has 3 rings (SSSR count). The number of aldehydes is 1. The number of amides is 1. The van der Waals surface area contributed by atoms with Crippen molar-refractivity contribution in [2.45, 2.75) is 0 Å². The van der Waals surface area contributed by atoms with Gasteiger partial charge in [-0.25, -0.2) is 0 Å². The van der Waals surface area contributed by atoms with Crippen LogP contribution in [0.1, 0.15) is 15.9 Å². The van der Waals surface area contributed by atoms with E-state index in [1.165, 1.54) is 12.3 Å². The smallest absolute Gasteiger partial charge is 0.255 e. The number of nitrogens with zero attached hydrogens (tertiary/aromatic N) is 1. The molecule has 0 spiro atoms. The second kappa shape index (κ2) is 7.31. The fourth-order valence-electron chi connectivity index (χ4n) is 2.28. The average Bonchev–Trinajstić information content (AvgIpc) is 3.13. The van der Waals surface area contributed by atoms with Crippen LogP contribution >= 0.6 is 0 Å². The normalized spacial score (nSPS) is 13.4. The summed E-state index contributed by atoms with van der Waals surface area (Å²) < 4.78 is 10.4. The maximum Gasteiger partial charge on any atom is 0.255 e. The van der Waals surface area contributed by atoms with Gasteiger partial charge >= 0.3 is 0 Å². The summed E-state index contributed by atoms with van der Waals surface area (Å²) in [6.45, 7) is 0.122. The molecule has 0 unspecified atom stereocenters. The Bertz CT molecular complexity index is 860. The Morgan fingerprint density at radius 1 is 1.12 bits per heavy atom. The highest BCUT2D eigenvalue weighted by molar-refractivity contribution is 5.99. The zero-order chi connectivity index (χ0) is 17.6. The van der Waals surface area contributed by atoms with Crippen molar-refractivity contribution in [1.29, 1.82) is 0 Å². The van der Waals surface area contributed by atoms with Gasteiger partial charge in [0.05, 0.1) is 5.70 Å². The number of allylic oxidation sites excluding steroid dienone is 3. The lowest BCUT2D eigenvalue weighted by Gasteiger charge is -2.07. The molecule has 0 saturated heterocycles. The molecule has 7 heteroatoms. The maximum absolute atomic E-state index is 12.4. The number of hydrogen-bond acceptors (Lipinski definition) is 6. The largest absolute Gasteiger partial charge is 0.454 e. The number of fused-ring (bicyclic) bond motifs is 1. The van der Waals surface area contributed by atoms with Crippen LogP contribution in [-0.2, 0) is 4.79 Å². The predicted molar refractivity (Wildman–Crippen MR) is 90.6 cm³/mol. The van der Waals surface area contributed by atoms with E-state index < -0.39 is 5.91 Å². The first-order valence-corrected chi connectivity index (χ1v) is 7.41. The van der Waals surface area contributed by atoms with Gasteiger partial charge in [0.15, 0.2) is 17.8 Å². The van der Waals surface area contributed by atoms with Crippen LogP contribution in [0.15, 0.2) is 60.7 Å². The molecular weight excluding hydrogens is 322 g/mol. The van der Waals surface area contributed by atoms with Gasteiger partial charge in [-0.3, -0.25) is 14.6 Å². The van der Waals surface area contributed by atoms with Crippen LogP contribution in [0, 0.1) is 0 Å². The van der Waals surface area contributed by atoms with Crippen molar-refractivity contribution in [3.05, 3.63) is 71.8 Å². The van der Waals surface area contributed by atoms with Crippen LogP contribution < -0.4 is 20.5 Å². The molecule has 1 aromatic carbocycles. The standard InChI is InChI=1S/C18H15N3O4/c19-9-14(12-3-5-20-6-4-12)7-15(10-22)21-18(23)13-1-2-16-17(8-13)25-11-24-16/h1-10H,11,19H2,(H,21,23)/b14-9+,15-7+. The lowest BCUT2D eigenvalue weighted by Crippen LogP contribution is -2.23. The molecule has 0 aliphatic carbocycles. The van der Waals surface area contributed by atoms with E-state index in [2.05, 4.69) is 10.3 Å². The van der Waals surface area contributed by atoms with Crippen LogP contribution in [0.3, 0.4) is 0 Å². The molecule has 25 heavy (non-hydrogen) atoms. The molecule has 1 aliphatic heterocycles. The van der Waals surface area contributed by atoms with Gasteiger partial charge in [0, 0.05) is 24.2 Å². The fourth-order valence-corrected chi connectivity index (χ4v) is 2.28. The van der Waals surface area contributed by atoms with Crippen molar-refractivity contribution in [1.82, 2.24) is 10.3 Å². The number of nitrogens with one attached hydrogen (secondary N) is 1. The number of aromatic nitrogens is 1. The number of ether oxygens (including phenoxy) is 2. The second-order valence-electron chi connectivity index (χ2n) is 5.10. The van der Waals surface area contributed by atoms with Crippen molar-refractivity contribution >= 4 is 17.8 Å². The van der Waals surface area contributed by atoms with Crippen LogP contribution in [0.25, 0.3) is 5.57 Å². The highest BCUT2D eigenvalue weighted by Gasteiger charge is 2.16. The summed E-state index contributed by atoms with van der Waals surface area (Å²) in [5, 5.41) is 2.55. The highest BCUT2D eigenvalue weighted by atomic mass is 16.7. The van der Waals surface area contributed by atoms with Gasteiger partial charge in [-0.05, 0) is 47.5 Å². The van der Waals surface area contributed by atoms with Gasteiger partial charge in [-0.15, -0.1) is 0 Å². The Morgan fingerprint density at radius 3 is 2.60 bits per heavy atom. The molecule has 3 N–H and O–H groups in total. The summed E-state index contributed by atoms with van der Waals surface area (Å²) in [5.41, 5.74) is 7.40. The van der Waals surface area contributed by atoms with Crippen molar-refractivity contribution < 1.29 is 19.1 Å². The maximum atomic E-state index is 12.4. The predicted octanol–water partition coefficient (Wildman–Crippen LogP) is 1.62. The molecule has 0 saturated carbocycles. The van der Waals surface area contributed by atoms with E-state index in [0.29, 0.717) is 28.9 Å². The molecule has 1 aromatic heterocycles. The van der Waals surface area contributed by atoms with Crippen LogP contribution in [0.5, 0.6) is 11.5 Å². The number of carbonyl (C=O) groups excluding carboxylic acids is 2. The summed E-state index contributed by atoms with van der Waals surface area (Å²) in [4.78, 5) is 27.6. The number of hydrogen-bond donors (Lipinski definition) is 2. The van der Waals surface area contributed by atoms with Crippen molar-refractivity contribution in [3.63, 3.8) is 0 Å². The Balaban J connectivity index is 1.79. The topological polar surface area (TPSA) is 104 Å². The molecule has 126 valence electrons. The van der Waals surface area contributed by atoms with Gasteiger partial charge in [-0.2, -0.15) is 0 Å². The quantitative estimate of drug-likeness (QED) is 0.488. The lowest BCUT2D eigenvalue weighted by atomic mass is 10.1. The minimum absolute atomic E-state index is 0.0798. The molecule has 2 aromatic rings. The molecular formula is C18H15N3O4. The molecule has 2 heterocycles. The minimum atomic E-state index is -0.442. The van der Waals surface area contributed by atoms with E-state index in [-0.39, 0.29) is 12.5 Å². The van der Waals surface area contributed by atoms with Crippen LogP contribution in [0.4, 0.5) is 0 Å². The second-order valence-corrected chi connectivity index (χ2v) is 5.10.